The molecule has 0 fully saturated rings. The van der Waals surface area contributed by atoms with Crippen molar-refractivity contribution >= 4 is 11.7 Å². The molecule has 6 heteroatoms. The molecule has 0 radical (unpaired) electrons. The molecule has 0 aliphatic heterocycles. The van der Waals surface area contributed by atoms with Crippen molar-refractivity contribution in [3.8, 4) is 0 Å². The molecule has 0 aliphatic rings. The summed E-state index contributed by atoms with van der Waals surface area (Å²) < 4.78 is 21.1. The lowest BCUT2D eigenvalue weighted by Gasteiger charge is -2.23. The van der Waals surface area contributed by atoms with E-state index in [4.69, 9.17) is 18.9 Å². The van der Waals surface area contributed by atoms with E-state index in [2.05, 4.69) is 43.0 Å². The number of hydrogen-bond donors (Lipinski definition) is 0. The summed E-state index contributed by atoms with van der Waals surface area (Å²) in [6.07, 6.45) is 0. The summed E-state index contributed by atoms with van der Waals surface area (Å²) in [5.41, 5.74) is 2.49. The summed E-state index contributed by atoms with van der Waals surface area (Å²) in [7, 11) is 0. The van der Waals surface area contributed by atoms with Gasteiger partial charge in [0.15, 0.2) is 0 Å². The summed E-state index contributed by atoms with van der Waals surface area (Å²) in [4.78, 5) is 12.8. The van der Waals surface area contributed by atoms with Crippen molar-refractivity contribution in [1.29, 1.82) is 0 Å². The zero-order chi connectivity index (χ0) is 18.3. The van der Waals surface area contributed by atoms with Gasteiger partial charge in [0.1, 0.15) is 6.61 Å². The van der Waals surface area contributed by atoms with Gasteiger partial charge >= 0.3 is 5.97 Å². The molecule has 1 aromatic carbocycles. The fourth-order valence-electron chi connectivity index (χ4n) is 2.19. The maximum atomic E-state index is 10.5. The molecule has 6 nitrogen and oxygen atoms in total. The number of ether oxygens (including phenoxy) is 4. The standard InChI is InChI=1S/C19H31NO5/c1-4-20(19-7-5-17(2)6-8-19)9-10-22-11-12-23-13-14-24-15-16-25-18(3)21/h5-8H,4,9-16H2,1-3H3. The van der Waals surface area contributed by atoms with Crippen molar-refractivity contribution in [1.82, 2.24) is 0 Å². The first-order valence-corrected chi connectivity index (χ1v) is 8.81. The van der Waals surface area contributed by atoms with E-state index in [1.807, 2.05) is 0 Å². The maximum Gasteiger partial charge on any atom is 0.302 e. The number of nitrogens with zero attached hydrogens (tertiary/aromatic N) is 1. The number of esters is 1. The van der Waals surface area contributed by atoms with Gasteiger partial charge in [-0.15, -0.1) is 0 Å². The van der Waals surface area contributed by atoms with E-state index in [9.17, 15) is 4.79 Å². The van der Waals surface area contributed by atoms with Crippen LogP contribution in [0.2, 0.25) is 0 Å². The Balaban J connectivity index is 1.95. The summed E-state index contributed by atoms with van der Waals surface area (Å²) >= 11 is 0. The van der Waals surface area contributed by atoms with Gasteiger partial charge in [0.2, 0.25) is 0 Å². The molecule has 25 heavy (non-hydrogen) atoms. The predicted octanol–water partition coefficient (Wildman–Crippen LogP) is 2.43. The Kier molecular flexibility index (Phi) is 11.7. The second kappa shape index (κ2) is 13.6. The van der Waals surface area contributed by atoms with Gasteiger partial charge in [0, 0.05) is 25.7 Å². The van der Waals surface area contributed by atoms with Crippen molar-refractivity contribution < 1.29 is 23.7 Å². The van der Waals surface area contributed by atoms with E-state index in [1.165, 1.54) is 18.2 Å². The molecule has 0 bridgehead atoms. The highest BCUT2D eigenvalue weighted by molar-refractivity contribution is 5.65. The minimum absolute atomic E-state index is 0.285. The number of hydrogen-bond acceptors (Lipinski definition) is 6. The van der Waals surface area contributed by atoms with Crippen LogP contribution in [0, 0.1) is 6.92 Å². The van der Waals surface area contributed by atoms with Gasteiger partial charge in [0.25, 0.3) is 0 Å². The molecule has 0 amide bonds. The van der Waals surface area contributed by atoms with Crippen LogP contribution in [0.3, 0.4) is 0 Å². The maximum absolute atomic E-state index is 10.5. The molecular weight excluding hydrogens is 322 g/mol. The van der Waals surface area contributed by atoms with Crippen molar-refractivity contribution in [2.45, 2.75) is 20.8 Å². The Morgan fingerprint density at radius 1 is 0.880 bits per heavy atom. The molecule has 1 rings (SSSR count). The lowest BCUT2D eigenvalue weighted by Crippen LogP contribution is -2.27. The van der Waals surface area contributed by atoms with Gasteiger partial charge in [-0.1, -0.05) is 17.7 Å². The van der Waals surface area contributed by atoms with Crippen LogP contribution in [0.5, 0.6) is 0 Å². The lowest BCUT2D eigenvalue weighted by atomic mass is 10.2. The number of carbonyl (C=O) groups excluding carboxylic acids is 1. The zero-order valence-corrected chi connectivity index (χ0v) is 15.7. The molecule has 0 atom stereocenters. The Morgan fingerprint density at radius 3 is 1.92 bits per heavy atom. The van der Waals surface area contributed by atoms with Crippen molar-refractivity contribution in [3.05, 3.63) is 29.8 Å². The van der Waals surface area contributed by atoms with Crippen molar-refractivity contribution in [3.63, 3.8) is 0 Å². The van der Waals surface area contributed by atoms with Crippen LogP contribution in [0.1, 0.15) is 19.4 Å². The summed E-state index contributed by atoms with van der Waals surface area (Å²) in [5, 5.41) is 0. The number of benzene rings is 1. The minimum Gasteiger partial charge on any atom is -0.463 e. The summed E-state index contributed by atoms with van der Waals surface area (Å²) in [6, 6.07) is 8.54. The zero-order valence-electron chi connectivity index (χ0n) is 15.7. The number of rotatable bonds is 14. The third-order valence-electron chi connectivity index (χ3n) is 3.56. The van der Waals surface area contributed by atoms with Gasteiger partial charge in [-0.25, -0.2) is 0 Å². The van der Waals surface area contributed by atoms with Gasteiger partial charge in [-0.3, -0.25) is 4.79 Å². The lowest BCUT2D eigenvalue weighted by molar-refractivity contribution is -0.142. The molecular formula is C19H31NO5. The molecule has 0 spiro atoms. The number of likely N-dealkylation sites (N-methyl/N-ethyl adjacent to an activating group) is 1. The van der Waals surface area contributed by atoms with Crippen LogP contribution >= 0.6 is 0 Å². The summed E-state index contributed by atoms with van der Waals surface area (Å²) in [6.45, 7) is 10.9. The third kappa shape index (κ3) is 10.8. The largest absolute Gasteiger partial charge is 0.463 e. The van der Waals surface area contributed by atoms with E-state index >= 15 is 0 Å². The Labute approximate surface area is 151 Å². The van der Waals surface area contributed by atoms with E-state index < -0.39 is 0 Å². The topological polar surface area (TPSA) is 57.2 Å². The SMILES string of the molecule is CCN(CCOCCOCCOCCOC(C)=O)c1ccc(C)cc1. The first-order chi connectivity index (χ1) is 12.1. The van der Waals surface area contributed by atoms with E-state index in [1.54, 1.807) is 0 Å². The number of anilines is 1. The molecule has 1 aromatic rings. The first kappa shape index (κ1) is 21.4. The van der Waals surface area contributed by atoms with Crippen LogP contribution in [0.25, 0.3) is 0 Å². The first-order valence-electron chi connectivity index (χ1n) is 8.81. The number of aryl methyl sites for hydroxylation is 1. The average molecular weight is 353 g/mol. The molecule has 0 aromatic heterocycles. The Bertz CT molecular complexity index is 463. The van der Waals surface area contributed by atoms with Crippen LogP contribution in [-0.2, 0) is 23.7 Å². The highest BCUT2D eigenvalue weighted by Crippen LogP contribution is 2.14. The quantitative estimate of drug-likeness (QED) is 0.378. The van der Waals surface area contributed by atoms with E-state index in [0.29, 0.717) is 39.6 Å². The highest BCUT2D eigenvalue weighted by Gasteiger charge is 2.03. The molecule has 142 valence electrons. The molecule has 0 heterocycles. The van der Waals surface area contributed by atoms with Crippen molar-refractivity contribution in [2.75, 3.05) is 64.2 Å². The smallest absolute Gasteiger partial charge is 0.302 e. The second-order valence-electron chi connectivity index (χ2n) is 5.59. The number of carbonyl (C=O) groups is 1. The molecule has 0 N–H and O–H groups in total. The van der Waals surface area contributed by atoms with Gasteiger partial charge in [-0.2, -0.15) is 0 Å². The normalized spacial score (nSPS) is 10.7. The Morgan fingerprint density at radius 2 is 1.40 bits per heavy atom. The van der Waals surface area contributed by atoms with Crippen LogP contribution in [-0.4, -0.2) is 65.3 Å². The third-order valence-corrected chi connectivity index (χ3v) is 3.56. The molecule has 0 aliphatic carbocycles. The van der Waals surface area contributed by atoms with E-state index in [-0.39, 0.29) is 12.6 Å². The van der Waals surface area contributed by atoms with Gasteiger partial charge < -0.3 is 23.8 Å². The molecule has 0 unspecified atom stereocenters. The molecule has 0 saturated heterocycles. The van der Waals surface area contributed by atoms with Crippen LogP contribution < -0.4 is 4.90 Å². The van der Waals surface area contributed by atoms with Crippen LogP contribution in [0.15, 0.2) is 24.3 Å². The monoisotopic (exact) mass is 353 g/mol. The second-order valence-corrected chi connectivity index (χ2v) is 5.59. The van der Waals surface area contributed by atoms with E-state index in [0.717, 1.165) is 13.1 Å². The van der Waals surface area contributed by atoms with Crippen LogP contribution in [0.4, 0.5) is 5.69 Å². The molecule has 0 saturated carbocycles. The fraction of sp³-hybridized carbons (Fsp3) is 0.632. The average Bonchev–Trinajstić information content (AvgIpc) is 2.60. The highest BCUT2D eigenvalue weighted by atomic mass is 16.6. The van der Waals surface area contributed by atoms with Gasteiger partial charge in [-0.05, 0) is 26.0 Å². The minimum atomic E-state index is -0.291. The fourth-order valence-corrected chi connectivity index (χ4v) is 2.19. The predicted molar refractivity (Wildman–Crippen MR) is 98.2 cm³/mol. The van der Waals surface area contributed by atoms with Gasteiger partial charge in [0.05, 0.1) is 39.6 Å². The Hall–Kier alpha value is -1.63. The summed E-state index contributed by atoms with van der Waals surface area (Å²) in [5.74, 6) is -0.291. The van der Waals surface area contributed by atoms with Crippen molar-refractivity contribution in [2.24, 2.45) is 0 Å².